The van der Waals surface area contributed by atoms with Gasteiger partial charge in [0.15, 0.2) is 0 Å². The SMILES string of the molecule is CC(C)C1CCC2(CC1)CC(C(C)(C)C1CCCC(F)(F)C1)N2C. The lowest BCUT2D eigenvalue weighted by Gasteiger charge is -2.65. The number of hydrogen-bond donors (Lipinski definition) is 0. The molecular formula is C21H37F2N. The van der Waals surface area contributed by atoms with Crippen molar-refractivity contribution < 1.29 is 8.78 Å². The summed E-state index contributed by atoms with van der Waals surface area (Å²) < 4.78 is 27.8. The standard InChI is InChI=1S/C21H37F2N/c1-15(2)16-8-11-20(12-9-16)14-18(24(20)5)19(3,4)17-7-6-10-21(22,23)13-17/h15-18H,6-14H2,1-5H3. The van der Waals surface area contributed by atoms with Gasteiger partial charge in [0.2, 0.25) is 5.92 Å². The van der Waals surface area contributed by atoms with Gasteiger partial charge in [-0.25, -0.2) is 8.78 Å². The molecule has 2 saturated carbocycles. The van der Waals surface area contributed by atoms with E-state index >= 15 is 0 Å². The number of rotatable bonds is 3. The number of likely N-dealkylation sites (tertiary alicyclic amines) is 1. The molecule has 0 N–H and O–H groups in total. The molecule has 0 aromatic rings. The average Bonchev–Trinajstić information content (AvgIpc) is 2.51. The minimum absolute atomic E-state index is 0.00124. The zero-order valence-electron chi connectivity index (χ0n) is 16.4. The van der Waals surface area contributed by atoms with Gasteiger partial charge < -0.3 is 0 Å². The van der Waals surface area contributed by atoms with Gasteiger partial charge in [0.05, 0.1) is 0 Å². The largest absolute Gasteiger partial charge is 0.297 e. The van der Waals surface area contributed by atoms with E-state index in [2.05, 4.69) is 39.6 Å². The highest BCUT2D eigenvalue weighted by molar-refractivity contribution is 5.12. The fourth-order valence-electron chi connectivity index (χ4n) is 6.10. The lowest BCUT2D eigenvalue weighted by Crippen LogP contribution is -2.70. The van der Waals surface area contributed by atoms with Crippen molar-refractivity contribution in [3.8, 4) is 0 Å². The van der Waals surface area contributed by atoms with Crippen LogP contribution in [0.2, 0.25) is 0 Å². The van der Waals surface area contributed by atoms with E-state index in [4.69, 9.17) is 0 Å². The first-order chi connectivity index (χ1) is 11.1. The van der Waals surface area contributed by atoms with E-state index in [0.29, 0.717) is 18.0 Å². The molecule has 24 heavy (non-hydrogen) atoms. The third-order valence-corrected chi connectivity index (χ3v) is 8.24. The average molecular weight is 342 g/mol. The van der Waals surface area contributed by atoms with Crippen LogP contribution in [-0.2, 0) is 0 Å². The molecular weight excluding hydrogens is 304 g/mol. The van der Waals surface area contributed by atoms with Crippen molar-refractivity contribution in [3.63, 3.8) is 0 Å². The van der Waals surface area contributed by atoms with Crippen molar-refractivity contribution in [2.75, 3.05) is 7.05 Å². The highest BCUT2D eigenvalue weighted by Gasteiger charge is 2.57. The molecule has 1 heterocycles. The monoisotopic (exact) mass is 341 g/mol. The van der Waals surface area contributed by atoms with Crippen LogP contribution in [0.5, 0.6) is 0 Å². The van der Waals surface area contributed by atoms with Gasteiger partial charge in [-0.3, -0.25) is 4.90 Å². The summed E-state index contributed by atoms with van der Waals surface area (Å²) >= 11 is 0. The van der Waals surface area contributed by atoms with Crippen molar-refractivity contribution in [2.45, 2.75) is 103 Å². The van der Waals surface area contributed by atoms with Gasteiger partial charge in [-0.2, -0.15) is 0 Å². The third kappa shape index (κ3) is 3.15. The van der Waals surface area contributed by atoms with Gasteiger partial charge in [-0.05, 0) is 75.2 Å². The van der Waals surface area contributed by atoms with Crippen LogP contribution >= 0.6 is 0 Å². The Morgan fingerprint density at radius 3 is 2.12 bits per heavy atom. The van der Waals surface area contributed by atoms with Crippen molar-refractivity contribution in [1.29, 1.82) is 0 Å². The Hall–Kier alpha value is -0.180. The summed E-state index contributed by atoms with van der Waals surface area (Å²) in [7, 11) is 2.27. The van der Waals surface area contributed by atoms with E-state index in [1.165, 1.54) is 32.1 Å². The molecule has 0 amide bonds. The Morgan fingerprint density at radius 1 is 1.00 bits per heavy atom. The summed E-state index contributed by atoms with van der Waals surface area (Å²) in [5, 5.41) is 0. The summed E-state index contributed by atoms with van der Waals surface area (Å²) in [6, 6.07) is 0.479. The fraction of sp³-hybridized carbons (Fsp3) is 1.00. The Morgan fingerprint density at radius 2 is 1.62 bits per heavy atom. The summed E-state index contributed by atoms with van der Waals surface area (Å²) in [5.74, 6) is -0.592. The zero-order valence-corrected chi connectivity index (χ0v) is 16.4. The van der Waals surface area contributed by atoms with Gasteiger partial charge in [-0.1, -0.05) is 27.7 Å². The van der Waals surface area contributed by atoms with E-state index in [-0.39, 0.29) is 24.2 Å². The van der Waals surface area contributed by atoms with Crippen LogP contribution < -0.4 is 0 Å². The minimum Gasteiger partial charge on any atom is -0.297 e. The summed E-state index contributed by atoms with van der Waals surface area (Å²) in [6.45, 7) is 9.21. The van der Waals surface area contributed by atoms with E-state index in [1.807, 2.05) is 0 Å². The summed E-state index contributed by atoms with van der Waals surface area (Å²) in [6.07, 6.45) is 8.40. The molecule has 3 rings (SSSR count). The van der Waals surface area contributed by atoms with Crippen molar-refractivity contribution in [1.82, 2.24) is 4.90 Å². The molecule has 1 aliphatic heterocycles. The van der Waals surface area contributed by atoms with Crippen LogP contribution in [0.3, 0.4) is 0 Å². The van der Waals surface area contributed by atoms with E-state index in [1.54, 1.807) is 0 Å². The second-order valence-corrected chi connectivity index (χ2v) is 10.1. The molecule has 1 spiro atoms. The maximum atomic E-state index is 13.9. The van der Waals surface area contributed by atoms with E-state index in [9.17, 15) is 8.78 Å². The smallest absolute Gasteiger partial charge is 0.248 e. The van der Waals surface area contributed by atoms with Crippen molar-refractivity contribution >= 4 is 0 Å². The molecule has 0 aromatic carbocycles. The van der Waals surface area contributed by atoms with Crippen molar-refractivity contribution in [3.05, 3.63) is 0 Å². The highest BCUT2D eigenvalue weighted by atomic mass is 19.3. The van der Waals surface area contributed by atoms with Crippen LogP contribution in [0.4, 0.5) is 8.78 Å². The Bertz CT molecular complexity index is 449. The third-order valence-electron chi connectivity index (χ3n) is 8.24. The quantitative estimate of drug-likeness (QED) is 0.597. The van der Waals surface area contributed by atoms with Crippen LogP contribution in [0.25, 0.3) is 0 Å². The number of hydrogen-bond acceptors (Lipinski definition) is 1. The second-order valence-electron chi connectivity index (χ2n) is 10.1. The molecule has 0 radical (unpaired) electrons. The lowest BCUT2D eigenvalue weighted by atomic mass is 9.56. The van der Waals surface area contributed by atoms with Crippen molar-refractivity contribution in [2.24, 2.45) is 23.2 Å². The van der Waals surface area contributed by atoms with E-state index < -0.39 is 5.92 Å². The molecule has 3 fully saturated rings. The van der Waals surface area contributed by atoms with Gasteiger partial charge in [0.25, 0.3) is 0 Å². The molecule has 0 aromatic heterocycles. The molecule has 2 atom stereocenters. The Labute approximate surface area is 147 Å². The Kier molecular flexibility index (Phi) is 4.82. The molecule has 3 heteroatoms. The first-order valence-corrected chi connectivity index (χ1v) is 10.2. The maximum absolute atomic E-state index is 13.9. The van der Waals surface area contributed by atoms with Gasteiger partial charge in [-0.15, -0.1) is 0 Å². The van der Waals surface area contributed by atoms with Gasteiger partial charge in [0, 0.05) is 24.4 Å². The second kappa shape index (κ2) is 6.21. The predicted octanol–water partition coefficient (Wildman–Crippen LogP) is 6.13. The predicted molar refractivity (Wildman–Crippen MR) is 96.4 cm³/mol. The zero-order chi connectivity index (χ0) is 17.8. The van der Waals surface area contributed by atoms with Gasteiger partial charge >= 0.3 is 0 Å². The number of alkyl halides is 2. The molecule has 2 aliphatic carbocycles. The van der Waals surface area contributed by atoms with Crippen LogP contribution in [-0.4, -0.2) is 29.5 Å². The van der Waals surface area contributed by atoms with Gasteiger partial charge in [0.1, 0.15) is 0 Å². The molecule has 1 nitrogen and oxygen atoms in total. The molecule has 0 bridgehead atoms. The summed E-state index contributed by atoms with van der Waals surface area (Å²) in [4.78, 5) is 2.59. The van der Waals surface area contributed by atoms with Crippen LogP contribution in [0, 0.1) is 23.2 Å². The lowest BCUT2D eigenvalue weighted by molar-refractivity contribution is -0.159. The van der Waals surface area contributed by atoms with Crippen LogP contribution in [0.15, 0.2) is 0 Å². The number of halogens is 2. The first kappa shape index (κ1) is 18.6. The summed E-state index contributed by atoms with van der Waals surface area (Å²) in [5.41, 5.74) is 0.378. The first-order valence-electron chi connectivity index (χ1n) is 10.2. The topological polar surface area (TPSA) is 3.24 Å². The molecule has 1 saturated heterocycles. The number of nitrogens with zero attached hydrogens (tertiary/aromatic N) is 1. The maximum Gasteiger partial charge on any atom is 0.248 e. The molecule has 3 aliphatic rings. The fourth-order valence-corrected chi connectivity index (χ4v) is 6.10. The normalized spacial score (nSPS) is 40.8. The van der Waals surface area contributed by atoms with Crippen LogP contribution in [0.1, 0.15) is 85.5 Å². The van der Waals surface area contributed by atoms with E-state index in [0.717, 1.165) is 18.3 Å². The molecule has 2 unspecified atom stereocenters. The Balaban J connectivity index is 1.63. The minimum atomic E-state index is -2.44. The highest BCUT2D eigenvalue weighted by Crippen LogP contribution is 2.57. The molecule has 140 valence electrons.